The van der Waals surface area contributed by atoms with Gasteiger partial charge in [-0.2, -0.15) is 0 Å². The summed E-state index contributed by atoms with van der Waals surface area (Å²) < 4.78 is 0. The second-order valence-electron chi connectivity index (χ2n) is 6.76. The third-order valence-electron chi connectivity index (χ3n) is 4.93. The van der Waals surface area contributed by atoms with E-state index >= 15 is 0 Å². The van der Waals surface area contributed by atoms with Crippen LogP contribution < -0.4 is 5.32 Å². The highest BCUT2D eigenvalue weighted by Gasteiger charge is 2.18. The molecule has 4 heteroatoms. The summed E-state index contributed by atoms with van der Waals surface area (Å²) in [5.74, 6) is 1.12. The Bertz CT molecular complexity index is 399. The Morgan fingerprint density at radius 3 is 1.96 bits per heavy atom. The lowest BCUT2D eigenvalue weighted by Gasteiger charge is -2.30. The Balaban J connectivity index is 0.000000203. The minimum Gasteiger partial charge on any atom is -0.396 e. The first-order valence-electron chi connectivity index (χ1n) is 9.00. The maximum atomic E-state index is 9.05. The predicted octanol–water partition coefficient (Wildman–Crippen LogP) is 1.87. The standard InChI is InChI=1S/C13H19NO.C6H13NO/c15-11-13-6-8-14(9-7-13)10-12-4-2-1-3-5-12;8-5-6-1-3-7-4-2-6/h1-5,13,15H,6-11H2;6-8H,1-5H2. The number of likely N-dealkylation sites (tertiary alicyclic amines) is 1. The van der Waals surface area contributed by atoms with Crippen molar-refractivity contribution in [3.8, 4) is 0 Å². The van der Waals surface area contributed by atoms with Gasteiger partial charge in [-0.1, -0.05) is 30.3 Å². The second kappa shape index (κ2) is 10.8. The number of nitrogens with one attached hydrogen (secondary N) is 1. The van der Waals surface area contributed by atoms with Gasteiger partial charge in [-0.15, -0.1) is 0 Å². The van der Waals surface area contributed by atoms with Crippen molar-refractivity contribution in [1.82, 2.24) is 10.2 Å². The van der Waals surface area contributed by atoms with Gasteiger partial charge in [0.1, 0.15) is 0 Å². The molecule has 0 aromatic heterocycles. The van der Waals surface area contributed by atoms with Crippen LogP contribution in [0.15, 0.2) is 30.3 Å². The van der Waals surface area contributed by atoms with E-state index in [1.54, 1.807) is 0 Å². The number of aliphatic hydroxyl groups excluding tert-OH is 2. The Kier molecular flexibility index (Phi) is 8.61. The first-order chi connectivity index (χ1) is 11.3. The van der Waals surface area contributed by atoms with Crippen LogP contribution in [0.3, 0.4) is 0 Å². The average molecular weight is 320 g/mol. The van der Waals surface area contributed by atoms with Crippen LogP contribution >= 0.6 is 0 Å². The van der Waals surface area contributed by atoms with Gasteiger partial charge in [-0.05, 0) is 69.3 Å². The number of rotatable bonds is 4. The van der Waals surface area contributed by atoms with Crippen molar-refractivity contribution in [1.29, 1.82) is 0 Å². The van der Waals surface area contributed by atoms with E-state index in [0.29, 0.717) is 25.0 Å². The maximum Gasteiger partial charge on any atom is 0.0460 e. The van der Waals surface area contributed by atoms with Crippen molar-refractivity contribution in [2.45, 2.75) is 32.2 Å². The predicted molar refractivity (Wildman–Crippen MR) is 94.2 cm³/mol. The van der Waals surface area contributed by atoms with Crippen LogP contribution in [0.4, 0.5) is 0 Å². The lowest BCUT2D eigenvalue weighted by molar-refractivity contribution is 0.127. The van der Waals surface area contributed by atoms with Gasteiger partial charge in [-0.3, -0.25) is 4.90 Å². The molecule has 3 N–H and O–H groups in total. The minimum absolute atomic E-state index is 0.360. The molecule has 0 spiro atoms. The Hall–Kier alpha value is -0.940. The van der Waals surface area contributed by atoms with Crippen LogP contribution in [0.25, 0.3) is 0 Å². The number of benzene rings is 1. The van der Waals surface area contributed by atoms with E-state index in [4.69, 9.17) is 10.2 Å². The highest BCUT2D eigenvalue weighted by molar-refractivity contribution is 5.14. The molecule has 2 saturated heterocycles. The van der Waals surface area contributed by atoms with E-state index in [1.807, 2.05) is 0 Å². The van der Waals surface area contributed by atoms with Crippen LogP contribution in [0.2, 0.25) is 0 Å². The molecule has 0 bridgehead atoms. The molecule has 0 saturated carbocycles. The molecule has 2 aliphatic heterocycles. The largest absolute Gasteiger partial charge is 0.396 e. The summed E-state index contributed by atoms with van der Waals surface area (Å²) in [6.07, 6.45) is 4.58. The molecular weight excluding hydrogens is 288 g/mol. The molecule has 23 heavy (non-hydrogen) atoms. The molecule has 2 aliphatic rings. The van der Waals surface area contributed by atoms with E-state index in [-0.39, 0.29) is 0 Å². The summed E-state index contributed by atoms with van der Waals surface area (Å²) in [5.41, 5.74) is 1.39. The molecule has 130 valence electrons. The summed E-state index contributed by atoms with van der Waals surface area (Å²) >= 11 is 0. The average Bonchev–Trinajstić information content (AvgIpc) is 2.64. The number of hydrogen-bond acceptors (Lipinski definition) is 4. The number of nitrogens with zero attached hydrogens (tertiary/aromatic N) is 1. The van der Waals surface area contributed by atoms with Crippen LogP contribution in [0.1, 0.15) is 31.2 Å². The zero-order valence-electron chi connectivity index (χ0n) is 14.2. The summed E-state index contributed by atoms with van der Waals surface area (Å²) in [6.45, 7) is 6.22. The summed E-state index contributed by atoms with van der Waals surface area (Å²) in [5, 5.41) is 20.9. The first-order valence-corrected chi connectivity index (χ1v) is 9.00. The molecular formula is C19H32N2O2. The van der Waals surface area contributed by atoms with Gasteiger partial charge in [-0.25, -0.2) is 0 Å². The quantitative estimate of drug-likeness (QED) is 0.793. The minimum atomic E-state index is 0.360. The normalized spacial score (nSPS) is 20.8. The zero-order valence-corrected chi connectivity index (χ0v) is 14.2. The molecule has 0 unspecified atom stereocenters. The Labute approximate surface area is 140 Å². The van der Waals surface area contributed by atoms with Crippen LogP contribution in [0, 0.1) is 11.8 Å². The fourth-order valence-corrected chi connectivity index (χ4v) is 3.23. The summed E-state index contributed by atoms with van der Waals surface area (Å²) in [7, 11) is 0. The first kappa shape index (κ1) is 18.4. The van der Waals surface area contributed by atoms with Gasteiger partial charge in [0.15, 0.2) is 0 Å². The molecule has 0 radical (unpaired) electrons. The van der Waals surface area contributed by atoms with Crippen LogP contribution in [0.5, 0.6) is 0 Å². The fraction of sp³-hybridized carbons (Fsp3) is 0.684. The third-order valence-corrected chi connectivity index (χ3v) is 4.93. The molecule has 1 aromatic rings. The van der Waals surface area contributed by atoms with Crippen LogP contribution in [-0.4, -0.2) is 54.5 Å². The smallest absolute Gasteiger partial charge is 0.0460 e. The molecule has 1 aromatic carbocycles. The summed E-state index contributed by atoms with van der Waals surface area (Å²) in [6, 6.07) is 10.6. The zero-order chi connectivity index (χ0) is 16.3. The van der Waals surface area contributed by atoms with Gasteiger partial charge < -0.3 is 15.5 Å². The lowest BCUT2D eigenvalue weighted by atomic mass is 9.97. The monoisotopic (exact) mass is 320 g/mol. The van der Waals surface area contributed by atoms with Crippen molar-refractivity contribution >= 4 is 0 Å². The SMILES string of the molecule is OCC1CCN(Cc2ccccc2)CC1.OCC1CCNCC1. The highest BCUT2D eigenvalue weighted by atomic mass is 16.3. The number of aliphatic hydroxyl groups is 2. The maximum absolute atomic E-state index is 9.05. The molecule has 0 atom stereocenters. The van der Waals surface area contributed by atoms with E-state index < -0.39 is 0 Å². The molecule has 3 rings (SSSR count). The number of piperidine rings is 2. The van der Waals surface area contributed by atoms with Crippen molar-refractivity contribution < 1.29 is 10.2 Å². The Morgan fingerprint density at radius 1 is 0.870 bits per heavy atom. The number of hydrogen-bond donors (Lipinski definition) is 3. The topological polar surface area (TPSA) is 55.7 Å². The van der Waals surface area contributed by atoms with Crippen LogP contribution in [-0.2, 0) is 6.54 Å². The molecule has 0 amide bonds. The van der Waals surface area contributed by atoms with E-state index in [9.17, 15) is 0 Å². The van der Waals surface area contributed by atoms with Crippen molar-refractivity contribution in [2.75, 3.05) is 39.4 Å². The van der Waals surface area contributed by atoms with Gasteiger partial charge in [0.25, 0.3) is 0 Å². The fourth-order valence-electron chi connectivity index (χ4n) is 3.23. The van der Waals surface area contributed by atoms with E-state index in [1.165, 1.54) is 5.56 Å². The summed E-state index contributed by atoms with van der Waals surface area (Å²) in [4.78, 5) is 2.47. The van der Waals surface area contributed by atoms with Gasteiger partial charge in [0, 0.05) is 19.8 Å². The molecule has 0 aliphatic carbocycles. The second-order valence-corrected chi connectivity index (χ2v) is 6.76. The highest BCUT2D eigenvalue weighted by Crippen LogP contribution is 2.18. The van der Waals surface area contributed by atoms with Crippen molar-refractivity contribution in [2.24, 2.45) is 11.8 Å². The lowest BCUT2D eigenvalue weighted by Crippen LogP contribution is -2.34. The van der Waals surface area contributed by atoms with Crippen molar-refractivity contribution in [3.05, 3.63) is 35.9 Å². The van der Waals surface area contributed by atoms with E-state index in [2.05, 4.69) is 40.5 Å². The Morgan fingerprint density at radius 2 is 1.43 bits per heavy atom. The van der Waals surface area contributed by atoms with E-state index in [0.717, 1.165) is 58.4 Å². The molecule has 2 heterocycles. The van der Waals surface area contributed by atoms with Gasteiger partial charge >= 0.3 is 0 Å². The van der Waals surface area contributed by atoms with Gasteiger partial charge in [0.05, 0.1) is 0 Å². The molecule has 2 fully saturated rings. The van der Waals surface area contributed by atoms with Crippen molar-refractivity contribution in [3.63, 3.8) is 0 Å². The third kappa shape index (κ3) is 7.00. The van der Waals surface area contributed by atoms with Gasteiger partial charge in [0.2, 0.25) is 0 Å². The molecule has 4 nitrogen and oxygen atoms in total.